The molecule has 0 aromatic heterocycles. The van der Waals surface area contributed by atoms with Crippen LogP contribution in [0.1, 0.15) is 56.1 Å². The van der Waals surface area contributed by atoms with Gasteiger partial charge in [-0.3, -0.25) is 4.79 Å². The Labute approximate surface area is 155 Å². The van der Waals surface area contributed by atoms with Crippen LogP contribution in [-0.4, -0.2) is 44.3 Å². The summed E-state index contributed by atoms with van der Waals surface area (Å²) in [4.78, 5) is 15.1. The van der Waals surface area contributed by atoms with E-state index in [-0.39, 0.29) is 17.4 Å². The molecule has 1 saturated heterocycles. The molecule has 1 saturated carbocycles. The highest BCUT2D eigenvalue weighted by atomic mass is 16.5. The Morgan fingerprint density at radius 2 is 1.85 bits per heavy atom. The first-order valence-electron chi connectivity index (χ1n) is 9.83. The van der Waals surface area contributed by atoms with E-state index in [0.717, 1.165) is 43.7 Å². The number of nitrogens with zero attached hydrogens (tertiary/aromatic N) is 1. The van der Waals surface area contributed by atoms with Gasteiger partial charge in [-0.1, -0.05) is 19.3 Å². The van der Waals surface area contributed by atoms with Crippen LogP contribution in [0.3, 0.4) is 0 Å². The monoisotopic (exact) mass is 359 g/mol. The molecule has 1 amide bonds. The molecule has 1 atom stereocenters. The highest BCUT2D eigenvalue weighted by Crippen LogP contribution is 2.47. The van der Waals surface area contributed by atoms with Gasteiger partial charge in [0, 0.05) is 25.1 Å². The van der Waals surface area contributed by atoms with Crippen molar-refractivity contribution in [3.63, 3.8) is 0 Å². The zero-order valence-corrected chi connectivity index (χ0v) is 15.9. The molecule has 1 unspecified atom stereocenters. The third-order valence-electron chi connectivity index (χ3n) is 6.36. The molecular formula is C21H29NO4. The lowest BCUT2D eigenvalue weighted by atomic mass is 9.66. The van der Waals surface area contributed by atoms with Crippen LogP contribution < -0.4 is 9.47 Å². The smallest absolute Gasteiger partial charge is 0.252 e. The van der Waals surface area contributed by atoms with E-state index in [1.165, 1.54) is 30.4 Å². The molecular weight excluding hydrogens is 330 g/mol. The van der Waals surface area contributed by atoms with Crippen molar-refractivity contribution in [3.8, 4) is 11.5 Å². The first-order valence-corrected chi connectivity index (χ1v) is 9.83. The maximum absolute atomic E-state index is 13.1. The van der Waals surface area contributed by atoms with Crippen molar-refractivity contribution in [1.29, 1.82) is 0 Å². The van der Waals surface area contributed by atoms with Crippen LogP contribution in [-0.2, 0) is 21.5 Å². The minimum Gasteiger partial charge on any atom is -0.493 e. The van der Waals surface area contributed by atoms with Gasteiger partial charge in [0.25, 0.3) is 5.91 Å². The average Bonchev–Trinajstić information content (AvgIpc) is 3.21. The van der Waals surface area contributed by atoms with E-state index < -0.39 is 0 Å². The molecule has 0 bridgehead atoms. The maximum atomic E-state index is 13.1. The summed E-state index contributed by atoms with van der Waals surface area (Å²) in [5.41, 5.74) is 2.59. The van der Waals surface area contributed by atoms with Gasteiger partial charge in [0.15, 0.2) is 11.5 Å². The van der Waals surface area contributed by atoms with Crippen LogP contribution in [0.2, 0.25) is 0 Å². The number of ether oxygens (including phenoxy) is 3. The molecule has 1 aliphatic carbocycles. The summed E-state index contributed by atoms with van der Waals surface area (Å²) in [6.07, 6.45) is 7.56. The van der Waals surface area contributed by atoms with Crippen molar-refractivity contribution >= 4 is 5.91 Å². The number of benzene rings is 1. The maximum Gasteiger partial charge on any atom is 0.252 e. The Hall–Kier alpha value is -1.75. The van der Waals surface area contributed by atoms with Gasteiger partial charge in [-0.15, -0.1) is 0 Å². The van der Waals surface area contributed by atoms with Crippen molar-refractivity contribution in [2.75, 3.05) is 27.4 Å². The van der Waals surface area contributed by atoms with Crippen LogP contribution in [0, 0.1) is 0 Å². The predicted molar refractivity (Wildman–Crippen MR) is 98.7 cm³/mol. The molecule has 0 radical (unpaired) electrons. The van der Waals surface area contributed by atoms with E-state index in [4.69, 9.17) is 14.2 Å². The zero-order chi connectivity index (χ0) is 18.1. The fourth-order valence-corrected chi connectivity index (χ4v) is 5.05. The van der Waals surface area contributed by atoms with Gasteiger partial charge >= 0.3 is 0 Å². The minimum absolute atomic E-state index is 0.0413. The molecule has 2 aliphatic heterocycles. The second-order valence-electron chi connectivity index (χ2n) is 7.90. The van der Waals surface area contributed by atoms with E-state index in [2.05, 4.69) is 12.1 Å². The van der Waals surface area contributed by atoms with E-state index in [9.17, 15) is 4.79 Å². The molecule has 142 valence electrons. The Kier molecular flexibility index (Phi) is 4.82. The largest absolute Gasteiger partial charge is 0.493 e. The van der Waals surface area contributed by atoms with Gasteiger partial charge in [-0.25, -0.2) is 0 Å². The number of fused-ring (bicyclic) bond motifs is 2. The zero-order valence-electron chi connectivity index (χ0n) is 15.9. The molecule has 5 nitrogen and oxygen atoms in total. The topological polar surface area (TPSA) is 48.0 Å². The van der Waals surface area contributed by atoms with Gasteiger partial charge in [0.1, 0.15) is 6.10 Å². The molecule has 2 fully saturated rings. The summed E-state index contributed by atoms with van der Waals surface area (Å²) in [6, 6.07) is 4.23. The van der Waals surface area contributed by atoms with Crippen LogP contribution in [0.4, 0.5) is 0 Å². The number of amides is 1. The number of carbonyl (C=O) groups is 1. The number of carbonyl (C=O) groups excluding carboxylic acids is 1. The van der Waals surface area contributed by atoms with Gasteiger partial charge in [-0.2, -0.15) is 0 Å². The van der Waals surface area contributed by atoms with Crippen molar-refractivity contribution in [2.24, 2.45) is 0 Å². The first kappa shape index (κ1) is 17.7. The van der Waals surface area contributed by atoms with Crippen LogP contribution >= 0.6 is 0 Å². The molecule has 26 heavy (non-hydrogen) atoms. The third-order valence-corrected chi connectivity index (χ3v) is 6.36. The summed E-state index contributed by atoms with van der Waals surface area (Å²) in [5.74, 6) is 1.69. The fourth-order valence-electron chi connectivity index (χ4n) is 5.05. The quantitative estimate of drug-likeness (QED) is 0.830. The fraction of sp³-hybridized carbons (Fsp3) is 0.667. The number of rotatable bonds is 3. The lowest BCUT2D eigenvalue weighted by molar-refractivity contribution is -0.143. The Balaban J connectivity index is 1.73. The van der Waals surface area contributed by atoms with E-state index in [1.54, 1.807) is 14.2 Å². The molecule has 0 N–H and O–H groups in total. The Morgan fingerprint density at radius 1 is 1.12 bits per heavy atom. The Morgan fingerprint density at radius 3 is 2.50 bits per heavy atom. The minimum atomic E-state index is -0.252. The highest BCUT2D eigenvalue weighted by molar-refractivity contribution is 5.81. The van der Waals surface area contributed by atoms with Gasteiger partial charge in [-0.05, 0) is 48.9 Å². The van der Waals surface area contributed by atoms with Gasteiger partial charge in [0.2, 0.25) is 0 Å². The van der Waals surface area contributed by atoms with Crippen molar-refractivity contribution in [1.82, 2.24) is 4.90 Å². The van der Waals surface area contributed by atoms with E-state index in [1.807, 2.05) is 4.90 Å². The van der Waals surface area contributed by atoms with Crippen LogP contribution in [0.15, 0.2) is 12.1 Å². The molecule has 3 aliphatic rings. The second kappa shape index (κ2) is 7.10. The molecule has 4 rings (SSSR count). The summed E-state index contributed by atoms with van der Waals surface area (Å²) < 4.78 is 16.8. The van der Waals surface area contributed by atoms with Crippen LogP contribution in [0.25, 0.3) is 0 Å². The number of hydrogen-bond acceptors (Lipinski definition) is 4. The molecule has 2 heterocycles. The SMILES string of the molecule is COc1cc2c(cc1OC)C1(CCCCC1)CN(C(=O)C1CCCO1)C2. The third kappa shape index (κ3) is 2.96. The lowest BCUT2D eigenvalue weighted by Gasteiger charge is -2.47. The molecule has 1 spiro atoms. The predicted octanol–water partition coefficient (Wildman–Crippen LogP) is 3.43. The van der Waals surface area contributed by atoms with Gasteiger partial charge < -0.3 is 19.1 Å². The lowest BCUT2D eigenvalue weighted by Crippen LogP contribution is -2.51. The summed E-state index contributed by atoms with van der Waals surface area (Å²) >= 11 is 0. The Bertz CT molecular complexity index is 675. The normalized spacial score (nSPS) is 24.4. The van der Waals surface area contributed by atoms with Crippen molar-refractivity contribution in [3.05, 3.63) is 23.3 Å². The van der Waals surface area contributed by atoms with E-state index >= 15 is 0 Å². The van der Waals surface area contributed by atoms with Crippen molar-refractivity contribution < 1.29 is 19.0 Å². The molecule has 1 aromatic carbocycles. The summed E-state index contributed by atoms with van der Waals surface area (Å²) in [5, 5.41) is 0. The number of hydrogen-bond donors (Lipinski definition) is 0. The molecule has 1 aromatic rings. The second-order valence-corrected chi connectivity index (χ2v) is 7.90. The standard InChI is InChI=1S/C21H29NO4/c1-24-18-11-15-13-22(20(23)17-7-6-10-26-17)14-21(8-4-3-5-9-21)16(15)12-19(18)25-2/h11-12,17H,3-10,13-14H2,1-2H3. The van der Waals surface area contributed by atoms with Crippen LogP contribution in [0.5, 0.6) is 11.5 Å². The number of methoxy groups -OCH3 is 2. The highest BCUT2D eigenvalue weighted by Gasteiger charge is 2.44. The van der Waals surface area contributed by atoms with Gasteiger partial charge in [0.05, 0.1) is 14.2 Å². The summed E-state index contributed by atoms with van der Waals surface area (Å²) in [7, 11) is 3.35. The van der Waals surface area contributed by atoms with E-state index in [0.29, 0.717) is 13.2 Å². The average molecular weight is 359 g/mol. The summed E-state index contributed by atoms with van der Waals surface area (Å²) in [6.45, 7) is 2.14. The van der Waals surface area contributed by atoms with Crippen molar-refractivity contribution in [2.45, 2.75) is 63.0 Å². The molecule has 5 heteroatoms. The first-order chi connectivity index (χ1) is 12.7.